The van der Waals surface area contributed by atoms with Crippen molar-refractivity contribution in [2.75, 3.05) is 10.0 Å². The molecule has 1 amide bonds. The fraction of sp³-hybridized carbons (Fsp3) is 0. The Balaban J connectivity index is 1.61. The highest BCUT2D eigenvalue weighted by Crippen LogP contribution is 2.22. The lowest BCUT2D eigenvalue weighted by Gasteiger charge is -2.10. The monoisotopic (exact) mass is 455 g/mol. The molecule has 2 heterocycles. The molecule has 10 heteroatoms. The lowest BCUT2D eigenvalue weighted by atomic mass is 10.1. The second-order valence-corrected chi connectivity index (χ2v) is 8.50. The summed E-state index contributed by atoms with van der Waals surface area (Å²) in [7, 11) is -4.02. The first-order valence-electron chi connectivity index (χ1n) is 8.90. The largest absolute Gasteiger partial charge is 0.422 e. The van der Waals surface area contributed by atoms with E-state index >= 15 is 0 Å². The average Bonchev–Trinajstić information content (AvgIpc) is 2.73. The third-order valence-electron chi connectivity index (χ3n) is 4.24. The van der Waals surface area contributed by atoms with Gasteiger partial charge in [0.25, 0.3) is 15.9 Å². The predicted molar refractivity (Wildman–Crippen MR) is 117 cm³/mol. The Labute approximate surface area is 181 Å². The number of hydrogen-bond acceptors (Lipinski definition) is 6. The van der Waals surface area contributed by atoms with Gasteiger partial charge in [0.05, 0.1) is 11.3 Å². The Kier molecular flexibility index (Phi) is 5.45. The molecule has 0 radical (unpaired) electrons. The van der Waals surface area contributed by atoms with Crippen LogP contribution < -0.4 is 15.7 Å². The summed E-state index contributed by atoms with van der Waals surface area (Å²) in [6.45, 7) is 0. The minimum absolute atomic E-state index is 0.133. The van der Waals surface area contributed by atoms with Crippen molar-refractivity contribution < 1.29 is 17.6 Å². The number of carbonyl (C=O) groups is 1. The number of carbonyl (C=O) groups excluding carboxylic acids is 1. The normalized spacial score (nSPS) is 11.3. The highest BCUT2D eigenvalue weighted by Gasteiger charge is 2.18. The summed E-state index contributed by atoms with van der Waals surface area (Å²) in [5.41, 5.74) is 0.152. The molecule has 0 bridgehead atoms. The van der Waals surface area contributed by atoms with Crippen molar-refractivity contribution in [1.82, 2.24) is 4.98 Å². The Morgan fingerprint density at radius 2 is 1.77 bits per heavy atom. The summed E-state index contributed by atoms with van der Waals surface area (Å²) in [6, 6.07) is 16.5. The number of nitrogens with one attached hydrogen (secondary N) is 2. The number of nitrogens with zero attached hydrogens (tertiary/aromatic N) is 1. The number of benzene rings is 2. The average molecular weight is 456 g/mol. The van der Waals surface area contributed by atoms with Crippen molar-refractivity contribution in [1.29, 1.82) is 0 Å². The maximum absolute atomic E-state index is 12.8. The van der Waals surface area contributed by atoms with E-state index in [4.69, 9.17) is 16.0 Å². The molecule has 0 saturated heterocycles. The summed E-state index contributed by atoms with van der Waals surface area (Å²) < 4.78 is 32.8. The summed E-state index contributed by atoms with van der Waals surface area (Å²) in [5.74, 6) is -0.572. The third-order valence-corrected chi connectivity index (χ3v) is 5.75. The fourth-order valence-corrected chi connectivity index (χ4v) is 4.08. The van der Waals surface area contributed by atoms with Crippen LogP contribution in [-0.2, 0) is 10.0 Å². The van der Waals surface area contributed by atoms with Crippen LogP contribution in [0.15, 0.2) is 87.2 Å². The van der Waals surface area contributed by atoms with Crippen LogP contribution in [0.4, 0.5) is 11.4 Å². The Morgan fingerprint density at radius 3 is 2.58 bits per heavy atom. The topological polar surface area (TPSA) is 118 Å². The minimum Gasteiger partial charge on any atom is -0.422 e. The summed E-state index contributed by atoms with van der Waals surface area (Å²) in [5, 5.41) is 3.26. The number of pyridine rings is 1. The van der Waals surface area contributed by atoms with Crippen molar-refractivity contribution >= 4 is 49.9 Å². The predicted octanol–water partition coefficient (Wildman–Crippen LogP) is 3.89. The number of halogens is 1. The quantitative estimate of drug-likeness (QED) is 0.440. The molecule has 2 N–H and O–H groups in total. The number of hydrogen-bond donors (Lipinski definition) is 2. The van der Waals surface area contributed by atoms with Gasteiger partial charge in [-0.3, -0.25) is 9.52 Å². The second kappa shape index (κ2) is 8.21. The van der Waals surface area contributed by atoms with Crippen LogP contribution in [0.3, 0.4) is 0 Å². The van der Waals surface area contributed by atoms with E-state index in [1.165, 1.54) is 36.5 Å². The molecule has 0 saturated carbocycles. The molecule has 31 heavy (non-hydrogen) atoms. The molecular formula is C21H14ClN3O5S. The molecule has 8 nitrogen and oxygen atoms in total. The molecule has 4 aromatic rings. The molecule has 0 fully saturated rings. The second-order valence-electron chi connectivity index (χ2n) is 6.43. The van der Waals surface area contributed by atoms with Crippen LogP contribution in [0.25, 0.3) is 11.0 Å². The zero-order chi connectivity index (χ0) is 22.0. The number of rotatable bonds is 5. The van der Waals surface area contributed by atoms with Gasteiger partial charge in [-0.2, -0.15) is 8.42 Å². The maximum atomic E-state index is 12.8. The van der Waals surface area contributed by atoms with Gasteiger partial charge in [0.15, 0.2) is 10.6 Å². The van der Waals surface area contributed by atoms with E-state index < -0.39 is 21.6 Å². The Morgan fingerprint density at radius 1 is 0.968 bits per heavy atom. The van der Waals surface area contributed by atoms with Gasteiger partial charge < -0.3 is 9.73 Å². The maximum Gasteiger partial charge on any atom is 0.336 e. The molecule has 0 spiro atoms. The van der Waals surface area contributed by atoms with Crippen LogP contribution in [-0.4, -0.2) is 19.3 Å². The van der Waals surface area contributed by atoms with E-state index in [2.05, 4.69) is 15.0 Å². The van der Waals surface area contributed by atoms with Crippen LogP contribution in [0.2, 0.25) is 5.02 Å². The number of fused-ring (bicyclic) bond motifs is 1. The van der Waals surface area contributed by atoms with Crippen molar-refractivity contribution in [3.8, 4) is 0 Å². The fourth-order valence-electron chi connectivity index (χ4n) is 2.86. The molecule has 0 unspecified atom stereocenters. The molecule has 156 valence electrons. The van der Waals surface area contributed by atoms with Gasteiger partial charge in [-0.1, -0.05) is 29.8 Å². The van der Waals surface area contributed by atoms with E-state index in [-0.39, 0.29) is 27.5 Å². The van der Waals surface area contributed by atoms with Gasteiger partial charge in [0, 0.05) is 34.4 Å². The van der Waals surface area contributed by atoms with Gasteiger partial charge in [0.1, 0.15) is 0 Å². The third kappa shape index (κ3) is 4.57. The molecular weight excluding hydrogens is 442 g/mol. The first-order valence-corrected chi connectivity index (χ1v) is 10.8. The van der Waals surface area contributed by atoms with Crippen molar-refractivity contribution in [2.45, 2.75) is 5.03 Å². The lowest BCUT2D eigenvalue weighted by molar-refractivity contribution is 0.102. The summed E-state index contributed by atoms with van der Waals surface area (Å²) >= 11 is 5.89. The molecule has 4 rings (SSSR count). The molecule has 0 atom stereocenters. The van der Waals surface area contributed by atoms with E-state index in [1.807, 2.05) is 0 Å². The van der Waals surface area contributed by atoms with E-state index in [9.17, 15) is 18.0 Å². The van der Waals surface area contributed by atoms with Gasteiger partial charge in [-0.15, -0.1) is 0 Å². The highest BCUT2D eigenvalue weighted by molar-refractivity contribution is 7.92. The van der Waals surface area contributed by atoms with Crippen molar-refractivity contribution in [3.63, 3.8) is 0 Å². The van der Waals surface area contributed by atoms with Gasteiger partial charge in [-0.05, 0) is 36.4 Å². The molecule has 0 aliphatic rings. The SMILES string of the molecule is O=C(Nc1ccnc(S(=O)(=O)Nc2cccc(Cl)c2)c1)c1cccc2ccc(=O)oc12. The standard InChI is InChI=1S/C21H14ClN3O5S/c22-14-4-2-5-16(11-14)25-31(28,29)18-12-15(9-10-23-18)24-21(27)17-6-1-3-13-7-8-19(26)30-20(13)17/h1-12,25H,(H,23,24,27). The molecule has 2 aromatic heterocycles. The number of para-hydroxylation sites is 1. The number of sulfonamides is 1. The smallest absolute Gasteiger partial charge is 0.336 e. The number of anilines is 2. The van der Waals surface area contributed by atoms with Gasteiger partial charge >= 0.3 is 5.63 Å². The van der Waals surface area contributed by atoms with Crippen LogP contribution in [0.1, 0.15) is 10.4 Å². The number of aromatic nitrogens is 1. The highest BCUT2D eigenvalue weighted by atomic mass is 35.5. The van der Waals surface area contributed by atoms with Gasteiger partial charge in [0.2, 0.25) is 0 Å². The van der Waals surface area contributed by atoms with E-state index in [0.29, 0.717) is 10.4 Å². The van der Waals surface area contributed by atoms with Crippen LogP contribution in [0, 0.1) is 0 Å². The van der Waals surface area contributed by atoms with E-state index in [1.54, 1.807) is 36.4 Å². The molecule has 0 aliphatic carbocycles. The first kappa shape index (κ1) is 20.6. The summed E-state index contributed by atoms with van der Waals surface area (Å²) in [6.07, 6.45) is 1.26. The lowest BCUT2D eigenvalue weighted by Crippen LogP contribution is -2.16. The Bertz CT molecular complexity index is 1470. The zero-order valence-corrected chi connectivity index (χ0v) is 17.3. The Hall–Kier alpha value is -3.69. The van der Waals surface area contributed by atoms with Crippen LogP contribution in [0.5, 0.6) is 0 Å². The summed E-state index contributed by atoms with van der Waals surface area (Å²) in [4.78, 5) is 28.2. The van der Waals surface area contributed by atoms with Crippen molar-refractivity contribution in [3.05, 3.63) is 93.9 Å². The molecule has 2 aromatic carbocycles. The first-order chi connectivity index (χ1) is 14.8. The zero-order valence-electron chi connectivity index (χ0n) is 15.7. The van der Waals surface area contributed by atoms with E-state index in [0.717, 1.165) is 0 Å². The van der Waals surface area contributed by atoms with Crippen LogP contribution >= 0.6 is 11.6 Å². The van der Waals surface area contributed by atoms with Gasteiger partial charge in [-0.25, -0.2) is 9.78 Å². The minimum atomic E-state index is -4.02. The number of amides is 1. The van der Waals surface area contributed by atoms with Crippen molar-refractivity contribution in [2.24, 2.45) is 0 Å². The molecule has 0 aliphatic heterocycles.